The van der Waals surface area contributed by atoms with E-state index in [4.69, 9.17) is 5.53 Å². The number of carbonyl (C=O) groups is 1. The number of thiazole rings is 1. The van der Waals surface area contributed by atoms with E-state index in [1.54, 1.807) is 0 Å². The van der Waals surface area contributed by atoms with E-state index in [0.717, 1.165) is 11.3 Å². The zero-order valence-electron chi connectivity index (χ0n) is 8.55. The number of azide groups is 1. The topological polar surface area (TPSA) is 142 Å². The molecule has 0 bridgehead atoms. The van der Waals surface area contributed by atoms with Crippen LogP contribution in [0, 0.1) is 0 Å². The van der Waals surface area contributed by atoms with Crippen LogP contribution in [-0.2, 0) is 0 Å². The number of hydrogen-bond acceptors (Lipinski definition) is 7. The molecule has 0 saturated carbocycles. The highest BCUT2D eigenvalue weighted by Gasteiger charge is 2.20. The van der Waals surface area contributed by atoms with E-state index in [1.807, 2.05) is 0 Å². The third-order valence-corrected chi connectivity index (χ3v) is 2.79. The van der Waals surface area contributed by atoms with Gasteiger partial charge in [0.2, 0.25) is 0 Å². The van der Waals surface area contributed by atoms with Gasteiger partial charge in [-0.1, -0.05) is 5.11 Å². The van der Waals surface area contributed by atoms with Gasteiger partial charge in [-0.25, -0.2) is 4.98 Å². The fraction of sp³-hybridized carbons (Fsp3) is 0.500. The smallest absolute Gasteiger partial charge is 0.139 e. The monoisotopic (exact) mass is 257 g/mol. The Labute approximate surface area is 99.8 Å². The Morgan fingerprint density at radius 1 is 1.71 bits per heavy atom. The van der Waals surface area contributed by atoms with Gasteiger partial charge in [-0.3, -0.25) is 0 Å². The molecule has 1 aromatic heterocycles. The molecule has 0 fully saturated rings. The molecule has 8 nitrogen and oxygen atoms in total. The highest BCUT2D eigenvalue weighted by Crippen LogP contribution is 2.21. The van der Waals surface area contributed by atoms with Gasteiger partial charge in [-0.05, 0) is 12.0 Å². The summed E-state index contributed by atoms with van der Waals surface area (Å²) in [4.78, 5) is 16.6. The Bertz CT molecular complexity index is 442. The first-order chi connectivity index (χ1) is 8.06. The second kappa shape index (κ2) is 6.16. The van der Waals surface area contributed by atoms with Crippen LogP contribution < -0.4 is 5.11 Å². The molecule has 17 heavy (non-hydrogen) atoms. The Hall–Kier alpha value is -1.67. The Morgan fingerprint density at radius 2 is 2.41 bits per heavy atom. The molecule has 0 aliphatic rings. The van der Waals surface area contributed by atoms with E-state index in [-0.39, 0.29) is 23.7 Å². The highest BCUT2D eigenvalue weighted by atomic mass is 32.1. The Morgan fingerprint density at radius 3 is 2.94 bits per heavy atom. The third kappa shape index (κ3) is 3.68. The second-order valence-corrected chi connectivity index (χ2v) is 3.98. The van der Waals surface area contributed by atoms with E-state index < -0.39 is 18.2 Å². The molecule has 2 unspecified atom stereocenters. The summed E-state index contributed by atoms with van der Waals surface area (Å²) >= 11 is 0.806. The Balaban J connectivity index is 2.64. The van der Waals surface area contributed by atoms with Gasteiger partial charge in [0.1, 0.15) is 17.1 Å². The van der Waals surface area contributed by atoms with Crippen molar-refractivity contribution in [3.8, 4) is 0 Å². The predicted molar refractivity (Wildman–Crippen MR) is 56.0 cm³/mol. The zero-order chi connectivity index (χ0) is 12.8. The summed E-state index contributed by atoms with van der Waals surface area (Å²) in [5.74, 6) is -1.43. The summed E-state index contributed by atoms with van der Waals surface area (Å²) in [6.07, 6.45) is -2.42. The lowest BCUT2D eigenvalue weighted by molar-refractivity contribution is -0.255. The molecule has 0 aromatic carbocycles. The highest BCUT2D eigenvalue weighted by molar-refractivity contribution is 7.11. The van der Waals surface area contributed by atoms with Crippen molar-refractivity contribution in [2.75, 3.05) is 6.54 Å². The Kier molecular flexibility index (Phi) is 4.85. The van der Waals surface area contributed by atoms with Crippen molar-refractivity contribution >= 4 is 17.3 Å². The minimum atomic E-state index is -1.43. The van der Waals surface area contributed by atoms with Crippen LogP contribution in [-0.4, -0.2) is 33.8 Å². The molecule has 9 heteroatoms. The fourth-order valence-corrected chi connectivity index (χ4v) is 1.78. The van der Waals surface area contributed by atoms with Gasteiger partial charge in [0.05, 0.1) is 11.8 Å². The number of carbonyl (C=O) groups excluding carboxylic acids is 1. The van der Waals surface area contributed by atoms with Crippen LogP contribution in [0.4, 0.5) is 0 Å². The van der Waals surface area contributed by atoms with Crippen LogP contribution >= 0.6 is 11.3 Å². The first-order valence-electron chi connectivity index (χ1n) is 4.60. The van der Waals surface area contributed by atoms with Gasteiger partial charge in [0.25, 0.3) is 0 Å². The van der Waals surface area contributed by atoms with Crippen LogP contribution in [0.1, 0.15) is 28.0 Å². The average molecular weight is 257 g/mol. The van der Waals surface area contributed by atoms with Crippen molar-refractivity contribution in [1.29, 1.82) is 0 Å². The van der Waals surface area contributed by atoms with Gasteiger partial charge in [-0.15, -0.1) is 11.3 Å². The molecule has 2 atom stereocenters. The van der Waals surface area contributed by atoms with Crippen LogP contribution in [0.2, 0.25) is 0 Å². The molecule has 0 aliphatic heterocycles. The van der Waals surface area contributed by atoms with Gasteiger partial charge in [0, 0.05) is 16.8 Å². The molecule has 0 radical (unpaired) electrons. The van der Waals surface area contributed by atoms with Crippen molar-refractivity contribution in [2.24, 2.45) is 5.11 Å². The molecule has 0 amide bonds. The van der Waals surface area contributed by atoms with E-state index in [1.165, 1.54) is 5.38 Å². The molecule has 0 spiro atoms. The molecule has 2 N–H and O–H groups in total. The van der Waals surface area contributed by atoms with Crippen molar-refractivity contribution in [2.45, 2.75) is 18.6 Å². The number of carboxylic acid groups (broad SMARTS) is 1. The summed E-state index contributed by atoms with van der Waals surface area (Å²) in [7, 11) is 0. The van der Waals surface area contributed by atoms with Crippen molar-refractivity contribution in [3.05, 3.63) is 26.5 Å². The molecule has 1 rings (SSSR count). The zero-order valence-corrected chi connectivity index (χ0v) is 9.37. The van der Waals surface area contributed by atoms with Crippen molar-refractivity contribution in [3.63, 3.8) is 0 Å². The normalized spacial score (nSPS) is 13.8. The van der Waals surface area contributed by atoms with Crippen LogP contribution in [0.5, 0.6) is 0 Å². The number of rotatable bonds is 6. The lowest BCUT2D eigenvalue weighted by Crippen LogP contribution is -2.23. The number of aromatic nitrogens is 1. The largest absolute Gasteiger partial charge is 0.542 e. The average Bonchev–Trinajstić information content (AvgIpc) is 2.77. The maximum absolute atomic E-state index is 10.5. The lowest BCUT2D eigenvalue weighted by atomic mass is 10.1. The summed E-state index contributed by atoms with van der Waals surface area (Å²) in [6.45, 7) is 0.0339. The number of aliphatic hydroxyl groups excluding tert-OH is 2. The molecule has 0 saturated heterocycles. The third-order valence-electron chi connectivity index (χ3n) is 1.95. The predicted octanol–water partition coefficient (Wildman–Crippen LogP) is -0.399. The summed E-state index contributed by atoms with van der Waals surface area (Å²) in [6, 6.07) is 0. The molecule has 0 aliphatic carbocycles. The van der Waals surface area contributed by atoms with Crippen LogP contribution in [0.15, 0.2) is 10.5 Å². The van der Waals surface area contributed by atoms with E-state index >= 15 is 0 Å². The first-order valence-corrected chi connectivity index (χ1v) is 5.48. The summed E-state index contributed by atoms with van der Waals surface area (Å²) in [5.41, 5.74) is 8.09. The van der Waals surface area contributed by atoms with Crippen LogP contribution in [0.3, 0.4) is 0 Å². The van der Waals surface area contributed by atoms with E-state index in [9.17, 15) is 20.1 Å². The van der Waals surface area contributed by atoms with Gasteiger partial charge in [0.15, 0.2) is 0 Å². The molecule has 1 heterocycles. The van der Waals surface area contributed by atoms with Crippen LogP contribution in [0.25, 0.3) is 10.4 Å². The van der Waals surface area contributed by atoms with E-state index in [2.05, 4.69) is 15.0 Å². The minimum absolute atomic E-state index is 0.0339. The SMILES string of the molecule is [N-]=[N+]=NCCC(O)C(O)c1csc(C(=O)[O-])n1. The summed E-state index contributed by atoms with van der Waals surface area (Å²) < 4.78 is 0. The standard InChI is InChI=1S/C8H10N4O4S/c9-12-10-2-1-5(13)6(14)4-3-17-7(11-4)8(15)16/h3,5-6,13-14H,1-2H2,(H,15,16)/p-1. The maximum atomic E-state index is 10.5. The van der Waals surface area contributed by atoms with Gasteiger partial charge >= 0.3 is 0 Å². The number of carboxylic acids is 1. The molecule has 92 valence electrons. The number of aromatic carboxylic acids is 1. The van der Waals surface area contributed by atoms with Crippen molar-refractivity contribution in [1.82, 2.24) is 4.98 Å². The minimum Gasteiger partial charge on any atom is -0.542 e. The van der Waals surface area contributed by atoms with Gasteiger partial charge in [-0.2, -0.15) is 0 Å². The van der Waals surface area contributed by atoms with Gasteiger partial charge < -0.3 is 20.1 Å². The van der Waals surface area contributed by atoms with Crippen molar-refractivity contribution < 1.29 is 20.1 Å². The first kappa shape index (κ1) is 13.4. The molecular weight excluding hydrogens is 248 g/mol. The maximum Gasteiger partial charge on any atom is 0.139 e. The van der Waals surface area contributed by atoms with E-state index in [0.29, 0.717) is 0 Å². The second-order valence-electron chi connectivity index (χ2n) is 3.12. The molecule has 1 aromatic rings. The summed E-state index contributed by atoms with van der Waals surface area (Å²) in [5, 5.41) is 33.9. The lowest BCUT2D eigenvalue weighted by Gasteiger charge is -2.14. The molecular formula is C8H9N4O4S-. The number of aliphatic hydroxyl groups is 2. The quantitative estimate of drug-likeness (QED) is 0.405. The number of hydrogen-bond donors (Lipinski definition) is 2. The number of nitrogens with zero attached hydrogens (tertiary/aromatic N) is 4. The fourth-order valence-electron chi connectivity index (χ4n) is 1.11.